The molecule has 3 rings (SSSR count). The standard InChI is InChI=1S/C39H55N3O10/c1-8-32-33(28-11-15-31(16-12-28)50-26-25-49-24-23-48-22-21-47-20-19-46-18-17-40)27-41-35(34(32)29-9-13-30(43)14-10-29)42(36(44)51-38(2,3)4)37(45)52-39(5,6)7/h9-16,27,43H,8,17-26,40H2,1-7H3. The van der Waals surface area contributed by atoms with Gasteiger partial charge in [0.25, 0.3) is 0 Å². The van der Waals surface area contributed by atoms with E-state index in [1.807, 2.05) is 31.2 Å². The van der Waals surface area contributed by atoms with Crippen molar-refractivity contribution >= 4 is 18.0 Å². The number of nitrogens with zero attached hydrogens (tertiary/aromatic N) is 2. The Balaban J connectivity index is 1.75. The molecule has 1 heterocycles. The van der Waals surface area contributed by atoms with Gasteiger partial charge in [-0.2, -0.15) is 4.90 Å². The summed E-state index contributed by atoms with van der Waals surface area (Å²) in [6, 6.07) is 14.1. The molecule has 0 bridgehead atoms. The summed E-state index contributed by atoms with van der Waals surface area (Å²) in [5.74, 6) is 0.788. The average molecular weight is 726 g/mol. The molecule has 0 radical (unpaired) electrons. The zero-order valence-corrected chi connectivity index (χ0v) is 31.6. The summed E-state index contributed by atoms with van der Waals surface area (Å²) in [6.07, 6.45) is 0.310. The molecule has 2 amide bonds. The van der Waals surface area contributed by atoms with E-state index in [1.54, 1.807) is 72.0 Å². The number of ether oxygens (including phenoxy) is 7. The van der Waals surface area contributed by atoms with Crippen LogP contribution in [0.4, 0.5) is 15.4 Å². The van der Waals surface area contributed by atoms with E-state index in [1.165, 1.54) is 0 Å². The number of nitrogens with two attached hydrogens (primary N) is 1. The van der Waals surface area contributed by atoms with Gasteiger partial charge in [0.15, 0.2) is 5.82 Å². The van der Waals surface area contributed by atoms with Crippen LogP contribution in [-0.2, 0) is 34.8 Å². The number of rotatable bonds is 19. The van der Waals surface area contributed by atoms with Crippen LogP contribution < -0.4 is 15.4 Å². The Morgan fingerprint density at radius 3 is 1.62 bits per heavy atom. The van der Waals surface area contributed by atoms with Crippen LogP contribution in [0, 0.1) is 0 Å². The van der Waals surface area contributed by atoms with Gasteiger partial charge in [-0.3, -0.25) is 0 Å². The second-order valence-electron chi connectivity index (χ2n) is 13.7. The van der Waals surface area contributed by atoms with Gasteiger partial charge in [0.2, 0.25) is 0 Å². The minimum absolute atomic E-state index is 0.0534. The van der Waals surface area contributed by atoms with Crippen molar-refractivity contribution in [1.29, 1.82) is 0 Å². The summed E-state index contributed by atoms with van der Waals surface area (Å²) in [6.45, 7) is 16.9. The molecule has 2 aromatic carbocycles. The molecule has 0 aliphatic rings. The highest BCUT2D eigenvalue weighted by Gasteiger charge is 2.36. The lowest BCUT2D eigenvalue weighted by molar-refractivity contribution is -0.00386. The smallest absolute Gasteiger partial charge is 0.425 e. The van der Waals surface area contributed by atoms with E-state index < -0.39 is 23.4 Å². The van der Waals surface area contributed by atoms with Gasteiger partial charge in [-0.1, -0.05) is 31.2 Å². The fourth-order valence-electron chi connectivity index (χ4n) is 4.91. The number of carbonyl (C=O) groups excluding carboxylic acids is 2. The average Bonchev–Trinajstić information content (AvgIpc) is 3.07. The predicted molar refractivity (Wildman–Crippen MR) is 199 cm³/mol. The molecular weight excluding hydrogens is 670 g/mol. The second-order valence-corrected chi connectivity index (χ2v) is 13.7. The van der Waals surface area contributed by atoms with Gasteiger partial charge in [0.1, 0.15) is 29.3 Å². The second kappa shape index (κ2) is 20.7. The molecule has 0 aliphatic carbocycles. The van der Waals surface area contributed by atoms with Gasteiger partial charge in [0.05, 0.1) is 52.9 Å². The number of hydrogen-bond acceptors (Lipinski definition) is 12. The van der Waals surface area contributed by atoms with Crippen LogP contribution in [0.3, 0.4) is 0 Å². The van der Waals surface area contributed by atoms with Crippen molar-refractivity contribution in [1.82, 2.24) is 4.98 Å². The van der Waals surface area contributed by atoms with Crippen molar-refractivity contribution in [3.63, 3.8) is 0 Å². The first-order valence-corrected chi connectivity index (χ1v) is 17.6. The Bertz CT molecular complexity index is 1510. The minimum Gasteiger partial charge on any atom is -0.508 e. The number of anilines is 1. The molecule has 3 N–H and O–H groups in total. The number of aromatic hydroxyl groups is 1. The van der Waals surface area contributed by atoms with E-state index in [9.17, 15) is 14.7 Å². The van der Waals surface area contributed by atoms with Gasteiger partial charge >= 0.3 is 12.2 Å². The molecule has 0 aliphatic heterocycles. The first-order valence-electron chi connectivity index (χ1n) is 17.6. The van der Waals surface area contributed by atoms with Gasteiger partial charge in [-0.15, -0.1) is 0 Å². The van der Waals surface area contributed by atoms with Crippen LogP contribution >= 0.6 is 0 Å². The van der Waals surface area contributed by atoms with Crippen molar-refractivity contribution < 1.29 is 47.9 Å². The van der Waals surface area contributed by atoms with Crippen molar-refractivity contribution in [2.24, 2.45) is 5.73 Å². The number of imide groups is 1. The molecule has 0 saturated heterocycles. The van der Waals surface area contributed by atoms with Crippen molar-refractivity contribution in [2.45, 2.75) is 66.1 Å². The SMILES string of the molecule is CCc1c(-c2ccc(OCCOCCOCCOCCOCCN)cc2)cnc(N(C(=O)OC(C)(C)C)C(=O)OC(C)(C)C)c1-c1ccc(O)cc1. The highest BCUT2D eigenvalue weighted by Crippen LogP contribution is 2.40. The Hall–Kier alpha value is -4.27. The topological polar surface area (TPSA) is 161 Å². The number of phenolic OH excluding ortho intramolecular Hbond substituents is 1. The fourth-order valence-corrected chi connectivity index (χ4v) is 4.91. The normalized spacial score (nSPS) is 11.7. The monoisotopic (exact) mass is 725 g/mol. The Kier molecular flexibility index (Phi) is 16.8. The van der Waals surface area contributed by atoms with Crippen LogP contribution in [0.2, 0.25) is 0 Å². The van der Waals surface area contributed by atoms with Crippen LogP contribution in [0.5, 0.6) is 11.5 Å². The van der Waals surface area contributed by atoms with Crippen LogP contribution in [0.15, 0.2) is 54.7 Å². The maximum Gasteiger partial charge on any atom is 0.425 e. The number of carbonyl (C=O) groups is 2. The molecule has 0 fully saturated rings. The molecule has 13 nitrogen and oxygen atoms in total. The minimum atomic E-state index is -0.923. The highest BCUT2D eigenvalue weighted by molar-refractivity contribution is 6.11. The number of benzene rings is 2. The summed E-state index contributed by atoms with van der Waals surface area (Å²) < 4.78 is 39.0. The van der Waals surface area contributed by atoms with Crippen molar-refractivity contribution in [3.05, 3.63) is 60.3 Å². The molecule has 1 aromatic heterocycles. The number of phenols is 1. The van der Waals surface area contributed by atoms with Gasteiger partial charge < -0.3 is 44.0 Å². The lowest BCUT2D eigenvalue weighted by Gasteiger charge is -2.30. The predicted octanol–water partition coefficient (Wildman–Crippen LogP) is 6.76. The third-order valence-electron chi connectivity index (χ3n) is 7.08. The maximum absolute atomic E-state index is 13.6. The highest BCUT2D eigenvalue weighted by atomic mass is 16.6. The van der Waals surface area contributed by atoms with Crippen LogP contribution in [0.25, 0.3) is 22.3 Å². The zero-order chi connectivity index (χ0) is 38.1. The number of pyridine rings is 1. The molecule has 286 valence electrons. The van der Waals surface area contributed by atoms with E-state index in [0.717, 1.165) is 21.6 Å². The first kappa shape index (κ1) is 42.1. The largest absolute Gasteiger partial charge is 0.508 e. The first-order chi connectivity index (χ1) is 24.7. The third kappa shape index (κ3) is 14.0. The number of hydrogen-bond donors (Lipinski definition) is 2. The molecule has 0 unspecified atom stereocenters. The van der Waals surface area contributed by atoms with Crippen LogP contribution in [-0.4, -0.2) is 99.5 Å². The zero-order valence-electron chi connectivity index (χ0n) is 31.6. The molecule has 3 aromatic rings. The van der Waals surface area contributed by atoms with E-state index >= 15 is 0 Å². The van der Waals surface area contributed by atoms with E-state index in [-0.39, 0.29) is 11.6 Å². The van der Waals surface area contributed by atoms with E-state index in [4.69, 9.17) is 43.9 Å². The maximum atomic E-state index is 13.6. The molecule has 52 heavy (non-hydrogen) atoms. The van der Waals surface area contributed by atoms with Crippen molar-refractivity contribution in [3.8, 4) is 33.8 Å². The summed E-state index contributed by atoms with van der Waals surface area (Å²) in [5.41, 5.74) is 7.20. The summed E-state index contributed by atoms with van der Waals surface area (Å²) in [5, 5.41) is 10.1. The summed E-state index contributed by atoms with van der Waals surface area (Å²) in [4.78, 5) is 32.8. The summed E-state index contributed by atoms with van der Waals surface area (Å²) in [7, 11) is 0. The number of aromatic nitrogens is 1. The van der Waals surface area contributed by atoms with Gasteiger partial charge in [-0.25, -0.2) is 14.6 Å². The lowest BCUT2D eigenvalue weighted by atomic mass is 9.91. The molecule has 0 atom stereocenters. The molecule has 0 spiro atoms. The van der Waals surface area contributed by atoms with Crippen molar-refractivity contribution in [2.75, 3.05) is 70.9 Å². The Morgan fingerprint density at radius 2 is 1.15 bits per heavy atom. The Morgan fingerprint density at radius 1 is 0.692 bits per heavy atom. The fraction of sp³-hybridized carbons (Fsp3) is 0.513. The third-order valence-corrected chi connectivity index (χ3v) is 7.08. The number of amides is 2. The summed E-state index contributed by atoms with van der Waals surface area (Å²) >= 11 is 0. The molecule has 13 heteroatoms. The Labute approximate surface area is 307 Å². The lowest BCUT2D eigenvalue weighted by Crippen LogP contribution is -2.44. The van der Waals surface area contributed by atoms with E-state index in [2.05, 4.69) is 0 Å². The van der Waals surface area contributed by atoms with Gasteiger partial charge in [0, 0.05) is 23.9 Å². The van der Waals surface area contributed by atoms with Gasteiger partial charge in [-0.05, 0) is 88.9 Å². The molecular formula is C39H55N3O10. The van der Waals surface area contributed by atoms with Crippen LogP contribution in [0.1, 0.15) is 54.0 Å². The molecule has 0 saturated carbocycles. The van der Waals surface area contributed by atoms with E-state index in [0.29, 0.717) is 89.3 Å². The quantitative estimate of drug-likeness (QED) is 0.125.